The summed E-state index contributed by atoms with van der Waals surface area (Å²) in [5.74, 6) is -0.430. The van der Waals surface area contributed by atoms with E-state index in [1.807, 2.05) is 97.1 Å². The van der Waals surface area contributed by atoms with Crippen LogP contribution in [0.1, 0.15) is 30.4 Å². The number of phenols is 1. The molecule has 1 aliphatic carbocycles. The molecule has 0 aromatic heterocycles. The summed E-state index contributed by atoms with van der Waals surface area (Å²) in [5, 5.41) is 10.6. The van der Waals surface area contributed by atoms with Crippen LogP contribution in [0.15, 0.2) is 125 Å². The van der Waals surface area contributed by atoms with Crippen LogP contribution in [0.4, 0.5) is 5.69 Å². The van der Waals surface area contributed by atoms with E-state index in [9.17, 15) is 14.7 Å². The van der Waals surface area contributed by atoms with E-state index in [2.05, 4.69) is 28.1 Å². The monoisotopic (exact) mass is 675 g/mol. The van der Waals surface area contributed by atoms with Gasteiger partial charge in [0.15, 0.2) is 0 Å². The summed E-state index contributed by atoms with van der Waals surface area (Å²) in [4.78, 5) is 29.1. The van der Waals surface area contributed by atoms with Crippen LogP contribution in [0, 0.1) is 17.8 Å². The zero-order valence-corrected chi connectivity index (χ0v) is 26.8. The Morgan fingerprint density at radius 1 is 0.891 bits per heavy atom. The van der Waals surface area contributed by atoms with E-state index in [1.54, 1.807) is 6.07 Å². The number of imide groups is 1. The number of halogens is 1. The van der Waals surface area contributed by atoms with Gasteiger partial charge in [0.25, 0.3) is 0 Å². The standard InChI is InChI=1S/C39H34BrNO5/c40-29-17-18-34(42)27(21-29)20-26(25-10-4-1-5-11-25)16-19-35-36-28(23-45-31-14-8-3-9-15-31)22-32-37(33(36)24-46-35)39(44)41(38(32)43)30-12-6-2-7-13-30/h1-15,17-18,20-21,32-33,35,37,42H,16,19,22-24H2/b26-20-/t32-,33+,35-,37-/m1/s1. The minimum Gasteiger partial charge on any atom is -0.507 e. The maximum absolute atomic E-state index is 14.0. The molecule has 1 N–H and O–H groups in total. The molecule has 4 aromatic carbocycles. The number of aromatic hydroxyl groups is 1. The zero-order valence-electron chi connectivity index (χ0n) is 25.2. The molecule has 3 aliphatic rings. The molecule has 2 fully saturated rings. The lowest BCUT2D eigenvalue weighted by Crippen LogP contribution is -2.35. The van der Waals surface area contributed by atoms with Crippen LogP contribution in [0.3, 0.4) is 0 Å². The Morgan fingerprint density at radius 2 is 1.59 bits per heavy atom. The molecule has 2 amide bonds. The molecule has 0 unspecified atom stereocenters. The van der Waals surface area contributed by atoms with Gasteiger partial charge in [-0.05, 0) is 90.1 Å². The Labute approximate surface area is 277 Å². The van der Waals surface area contributed by atoms with Crippen molar-refractivity contribution in [3.05, 3.63) is 136 Å². The highest BCUT2D eigenvalue weighted by Gasteiger charge is 2.57. The van der Waals surface area contributed by atoms with Gasteiger partial charge < -0.3 is 14.6 Å². The number of phenolic OH excluding ortho intramolecular Hbond substituents is 1. The van der Waals surface area contributed by atoms with E-state index in [1.165, 1.54) is 4.90 Å². The molecule has 0 spiro atoms. The third-order valence-electron chi connectivity index (χ3n) is 9.32. The van der Waals surface area contributed by atoms with Crippen molar-refractivity contribution >= 4 is 45.1 Å². The van der Waals surface area contributed by atoms with Crippen molar-refractivity contribution in [2.75, 3.05) is 18.1 Å². The molecule has 2 heterocycles. The van der Waals surface area contributed by atoms with Crippen molar-refractivity contribution in [2.24, 2.45) is 17.8 Å². The minimum atomic E-state index is -0.462. The van der Waals surface area contributed by atoms with Gasteiger partial charge in [-0.15, -0.1) is 0 Å². The summed E-state index contributed by atoms with van der Waals surface area (Å²) < 4.78 is 13.7. The fourth-order valence-electron chi connectivity index (χ4n) is 7.19. The third-order valence-corrected chi connectivity index (χ3v) is 9.81. The van der Waals surface area contributed by atoms with Crippen LogP contribution in [0.5, 0.6) is 11.5 Å². The predicted octanol–water partition coefficient (Wildman–Crippen LogP) is 8.08. The molecule has 4 aromatic rings. The second kappa shape index (κ2) is 13.1. The summed E-state index contributed by atoms with van der Waals surface area (Å²) >= 11 is 3.53. The Hall–Kier alpha value is -4.46. The van der Waals surface area contributed by atoms with Crippen molar-refractivity contribution in [3.63, 3.8) is 0 Å². The second-order valence-corrected chi connectivity index (χ2v) is 13.0. The smallest absolute Gasteiger partial charge is 0.238 e. The minimum absolute atomic E-state index is 0.147. The normalized spacial score (nSPS) is 22.6. The fourth-order valence-corrected chi connectivity index (χ4v) is 7.57. The van der Waals surface area contributed by atoms with Crippen molar-refractivity contribution in [1.29, 1.82) is 0 Å². The van der Waals surface area contributed by atoms with Gasteiger partial charge in [0, 0.05) is 16.0 Å². The molecule has 46 heavy (non-hydrogen) atoms. The molecule has 7 heteroatoms. The molecule has 0 bridgehead atoms. The first-order valence-electron chi connectivity index (χ1n) is 15.7. The first kappa shape index (κ1) is 30.2. The molecular formula is C39H34BrNO5. The highest BCUT2D eigenvalue weighted by molar-refractivity contribution is 9.10. The van der Waals surface area contributed by atoms with Crippen LogP contribution >= 0.6 is 15.9 Å². The molecular weight excluding hydrogens is 642 g/mol. The van der Waals surface area contributed by atoms with E-state index in [0.717, 1.165) is 38.1 Å². The van der Waals surface area contributed by atoms with E-state index in [0.29, 0.717) is 38.2 Å². The van der Waals surface area contributed by atoms with Gasteiger partial charge in [-0.2, -0.15) is 0 Å². The number of amides is 2. The van der Waals surface area contributed by atoms with Gasteiger partial charge in [-0.25, -0.2) is 0 Å². The van der Waals surface area contributed by atoms with Gasteiger partial charge in [-0.1, -0.05) is 82.7 Å². The number of hydrogen-bond donors (Lipinski definition) is 1. The van der Waals surface area contributed by atoms with Gasteiger partial charge in [-0.3, -0.25) is 14.5 Å². The largest absolute Gasteiger partial charge is 0.507 e. The summed E-state index contributed by atoms with van der Waals surface area (Å²) in [6.07, 6.45) is 3.63. The lowest BCUT2D eigenvalue weighted by molar-refractivity contribution is -0.122. The van der Waals surface area contributed by atoms with E-state index in [-0.39, 0.29) is 29.6 Å². The molecule has 6 nitrogen and oxygen atoms in total. The number of carbonyl (C=O) groups excluding carboxylic acids is 2. The topological polar surface area (TPSA) is 76.1 Å². The molecule has 4 atom stereocenters. The van der Waals surface area contributed by atoms with Crippen molar-refractivity contribution in [3.8, 4) is 11.5 Å². The number of benzene rings is 4. The van der Waals surface area contributed by atoms with Crippen LogP contribution in [0.2, 0.25) is 0 Å². The first-order chi connectivity index (χ1) is 22.5. The van der Waals surface area contributed by atoms with E-state index < -0.39 is 11.8 Å². The quantitative estimate of drug-likeness (QED) is 0.110. The second-order valence-electron chi connectivity index (χ2n) is 12.1. The van der Waals surface area contributed by atoms with Crippen molar-refractivity contribution in [2.45, 2.75) is 25.4 Å². The third kappa shape index (κ3) is 5.93. The SMILES string of the molecule is O=C1[C@@H]2[C@@H](CC(COc3ccccc3)=C3[C@@H](CC/C(=C/c4cc(Br)ccc4O)c4ccccc4)OC[C@@H]32)C(=O)N1c1ccccc1. The van der Waals surface area contributed by atoms with E-state index in [4.69, 9.17) is 9.47 Å². The Balaban J connectivity index is 1.21. The molecule has 2 aliphatic heterocycles. The maximum Gasteiger partial charge on any atom is 0.238 e. The number of hydrogen-bond acceptors (Lipinski definition) is 5. The maximum atomic E-state index is 14.0. The number of ether oxygens (including phenoxy) is 2. The lowest BCUT2D eigenvalue weighted by Gasteiger charge is -2.31. The number of carbonyl (C=O) groups is 2. The Kier molecular flexibility index (Phi) is 8.61. The lowest BCUT2D eigenvalue weighted by atomic mass is 9.69. The van der Waals surface area contributed by atoms with Gasteiger partial charge >= 0.3 is 0 Å². The highest BCUT2D eigenvalue weighted by atomic mass is 79.9. The van der Waals surface area contributed by atoms with Crippen LogP contribution < -0.4 is 9.64 Å². The average Bonchev–Trinajstić information content (AvgIpc) is 3.62. The Bertz CT molecular complexity index is 1800. The molecule has 232 valence electrons. The number of fused-ring (bicyclic) bond motifs is 3. The van der Waals surface area contributed by atoms with Crippen LogP contribution in [0.25, 0.3) is 11.6 Å². The number of allylic oxidation sites excluding steroid dienone is 1. The fraction of sp³-hybridized carbons (Fsp3) is 0.231. The summed E-state index contributed by atoms with van der Waals surface area (Å²) in [6.45, 7) is 0.716. The first-order valence-corrected chi connectivity index (χ1v) is 16.5. The summed E-state index contributed by atoms with van der Waals surface area (Å²) in [7, 11) is 0. The van der Waals surface area contributed by atoms with Crippen LogP contribution in [-0.2, 0) is 14.3 Å². The number of anilines is 1. The number of para-hydroxylation sites is 2. The summed E-state index contributed by atoms with van der Waals surface area (Å²) in [6, 6.07) is 34.4. The van der Waals surface area contributed by atoms with E-state index >= 15 is 0 Å². The summed E-state index contributed by atoms with van der Waals surface area (Å²) in [5.41, 5.74) is 5.62. The molecule has 0 radical (unpaired) electrons. The number of rotatable bonds is 9. The average molecular weight is 677 g/mol. The van der Waals surface area contributed by atoms with Crippen molar-refractivity contribution in [1.82, 2.24) is 0 Å². The van der Waals surface area contributed by atoms with Crippen LogP contribution in [-0.4, -0.2) is 36.2 Å². The van der Waals surface area contributed by atoms with Gasteiger partial charge in [0.05, 0.1) is 30.2 Å². The number of nitrogens with zero attached hydrogens (tertiary/aromatic N) is 1. The zero-order chi connectivity index (χ0) is 31.6. The predicted molar refractivity (Wildman–Crippen MR) is 182 cm³/mol. The molecule has 2 saturated heterocycles. The molecule has 7 rings (SSSR count). The van der Waals surface area contributed by atoms with Gasteiger partial charge in [0.2, 0.25) is 11.8 Å². The van der Waals surface area contributed by atoms with Crippen molar-refractivity contribution < 1.29 is 24.2 Å². The Morgan fingerprint density at radius 3 is 2.33 bits per heavy atom. The molecule has 0 saturated carbocycles. The highest BCUT2D eigenvalue weighted by Crippen LogP contribution is 2.51. The van der Waals surface area contributed by atoms with Gasteiger partial charge in [0.1, 0.15) is 18.1 Å².